The molecule has 2 atom stereocenters. The predicted octanol–water partition coefficient (Wildman–Crippen LogP) is 1.07. The maximum atomic E-state index is 12.6. The number of rotatable bonds is 4. The molecule has 0 aliphatic carbocycles. The molecule has 2 aliphatic heterocycles. The molecule has 2 aliphatic rings. The Labute approximate surface area is 151 Å². The van der Waals surface area contributed by atoms with Crippen LogP contribution in [0, 0.1) is 0 Å². The number of fused-ring (bicyclic) bond motifs is 1. The van der Waals surface area contributed by atoms with Crippen LogP contribution < -0.4 is 5.32 Å². The Morgan fingerprint density at radius 3 is 2.56 bits per heavy atom. The fraction of sp³-hybridized carbons (Fsp3) is 0.625. The molecule has 1 N–H and O–H groups in total. The molecule has 2 fully saturated rings. The molecule has 138 valence electrons. The van der Waals surface area contributed by atoms with Gasteiger partial charge in [-0.15, -0.1) is 11.3 Å². The molecule has 1 aromatic heterocycles. The van der Waals surface area contributed by atoms with Crippen LogP contribution in [0.25, 0.3) is 0 Å². The predicted molar refractivity (Wildman–Crippen MR) is 96.1 cm³/mol. The molecule has 0 unspecified atom stereocenters. The molecule has 9 heteroatoms. The Morgan fingerprint density at radius 1 is 1.24 bits per heavy atom. The second-order valence-electron chi connectivity index (χ2n) is 6.48. The molecule has 0 spiro atoms. The Balaban J connectivity index is 1.71. The molecule has 1 aromatic rings. The summed E-state index contributed by atoms with van der Waals surface area (Å²) in [7, 11) is -3.25. The van der Waals surface area contributed by atoms with E-state index in [1.54, 1.807) is 21.1 Å². The van der Waals surface area contributed by atoms with Gasteiger partial charge in [0.15, 0.2) is 9.84 Å². The molecule has 2 saturated heterocycles. The number of carbonyl (C=O) groups is 2. The smallest absolute Gasteiger partial charge is 0.318 e. The number of urea groups is 1. The van der Waals surface area contributed by atoms with Gasteiger partial charge in [-0.2, -0.15) is 0 Å². The van der Waals surface area contributed by atoms with Gasteiger partial charge in [-0.25, -0.2) is 13.2 Å². The van der Waals surface area contributed by atoms with Crippen molar-refractivity contribution in [3.8, 4) is 0 Å². The molecule has 7 nitrogen and oxygen atoms in total. The second-order valence-corrected chi connectivity index (χ2v) is 9.67. The van der Waals surface area contributed by atoms with E-state index in [1.807, 2.05) is 24.4 Å². The van der Waals surface area contributed by atoms with Crippen molar-refractivity contribution in [3.63, 3.8) is 0 Å². The van der Waals surface area contributed by atoms with E-state index in [0.717, 1.165) is 11.3 Å². The van der Waals surface area contributed by atoms with Gasteiger partial charge in [0.2, 0.25) is 5.91 Å². The number of hydrogen-bond acceptors (Lipinski definition) is 5. The molecule has 25 heavy (non-hydrogen) atoms. The van der Waals surface area contributed by atoms with Crippen LogP contribution in [0.4, 0.5) is 4.79 Å². The molecule has 0 bridgehead atoms. The number of sulfone groups is 1. The van der Waals surface area contributed by atoms with Crippen molar-refractivity contribution < 1.29 is 18.0 Å². The summed E-state index contributed by atoms with van der Waals surface area (Å²) in [6.45, 7) is 3.11. The first kappa shape index (κ1) is 18.2. The van der Waals surface area contributed by atoms with E-state index in [1.165, 1.54) is 0 Å². The van der Waals surface area contributed by atoms with Gasteiger partial charge in [0.25, 0.3) is 0 Å². The van der Waals surface area contributed by atoms with E-state index in [-0.39, 0.29) is 23.4 Å². The highest BCUT2D eigenvalue weighted by molar-refractivity contribution is 7.91. The fourth-order valence-electron chi connectivity index (χ4n) is 3.55. The first-order chi connectivity index (χ1) is 11.9. The zero-order valence-corrected chi connectivity index (χ0v) is 15.8. The molecule has 3 rings (SSSR count). The van der Waals surface area contributed by atoms with Crippen LogP contribution >= 0.6 is 11.3 Å². The summed E-state index contributed by atoms with van der Waals surface area (Å²) >= 11 is 1.56. The molecular weight excluding hydrogens is 362 g/mol. The van der Waals surface area contributed by atoms with Gasteiger partial charge in [0.1, 0.15) is 0 Å². The van der Waals surface area contributed by atoms with Gasteiger partial charge < -0.3 is 15.1 Å². The number of nitrogens with zero attached hydrogens (tertiary/aromatic N) is 2. The Bertz CT molecular complexity index is 733. The molecule has 0 radical (unpaired) electrons. The van der Waals surface area contributed by atoms with Gasteiger partial charge in [0.05, 0.1) is 30.1 Å². The molecule has 0 aromatic carbocycles. The Hall–Kier alpha value is -1.61. The highest BCUT2D eigenvalue weighted by Gasteiger charge is 2.49. The standard InChI is InChI=1S/C16H23N3O4S2/c1-2-4-15(20)18-6-7-19(14-11-25(22,23)10-13(14)18)16(21)17-9-12-5-3-8-24-12/h3,5,8,13-14H,2,4,6-7,9-11H2,1H3,(H,17,21)/t13-,14+/m0/s1. The number of nitrogens with one attached hydrogen (secondary N) is 1. The zero-order valence-electron chi connectivity index (χ0n) is 14.2. The van der Waals surface area contributed by atoms with Gasteiger partial charge in [-0.3, -0.25) is 4.79 Å². The lowest BCUT2D eigenvalue weighted by atomic mass is 10.0. The van der Waals surface area contributed by atoms with Gasteiger partial charge in [0, 0.05) is 24.4 Å². The summed E-state index contributed by atoms with van der Waals surface area (Å²) in [5, 5.41) is 4.81. The lowest BCUT2D eigenvalue weighted by Crippen LogP contribution is -2.63. The van der Waals surface area contributed by atoms with Crippen molar-refractivity contribution in [1.29, 1.82) is 0 Å². The van der Waals surface area contributed by atoms with Crippen molar-refractivity contribution >= 4 is 33.1 Å². The average molecular weight is 386 g/mol. The van der Waals surface area contributed by atoms with Gasteiger partial charge >= 0.3 is 6.03 Å². The summed E-state index contributed by atoms with van der Waals surface area (Å²) in [5.41, 5.74) is 0. The SMILES string of the molecule is CCCC(=O)N1CCN(C(=O)NCc2cccs2)[C@@H]2CS(=O)(=O)C[C@@H]21. The normalized spacial score (nSPS) is 24.8. The second kappa shape index (κ2) is 7.33. The van der Waals surface area contributed by atoms with Crippen LogP contribution in [0.5, 0.6) is 0 Å². The van der Waals surface area contributed by atoms with E-state index in [0.29, 0.717) is 26.1 Å². The van der Waals surface area contributed by atoms with Crippen molar-refractivity contribution in [1.82, 2.24) is 15.1 Å². The summed E-state index contributed by atoms with van der Waals surface area (Å²) in [5.74, 6) is -0.143. The number of thiophene rings is 1. The van der Waals surface area contributed by atoms with E-state index in [4.69, 9.17) is 0 Å². The topological polar surface area (TPSA) is 86.8 Å². The van der Waals surface area contributed by atoms with E-state index in [9.17, 15) is 18.0 Å². The minimum atomic E-state index is -3.25. The highest BCUT2D eigenvalue weighted by atomic mass is 32.2. The summed E-state index contributed by atoms with van der Waals surface area (Å²) in [6, 6.07) is 2.72. The maximum absolute atomic E-state index is 12.6. The van der Waals surface area contributed by atoms with Gasteiger partial charge in [-0.05, 0) is 17.9 Å². The monoisotopic (exact) mass is 385 g/mol. The van der Waals surface area contributed by atoms with Crippen molar-refractivity contribution in [3.05, 3.63) is 22.4 Å². The Kier molecular flexibility index (Phi) is 5.33. The van der Waals surface area contributed by atoms with E-state index in [2.05, 4.69) is 5.32 Å². The zero-order chi connectivity index (χ0) is 18.0. The van der Waals surface area contributed by atoms with Crippen LogP contribution in [-0.2, 0) is 21.2 Å². The number of amides is 3. The molecule has 0 saturated carbocycles. The van der Waals surface area contributed by atoms with Crippen molar-refractivity contribution in [2.75, 3.05) is 24.6 Å². The van der Waals surface area contributed by atoms with Crippen LogP contribution in [0.3, 0.4) is 0 Å². The largest absolute Gasteiger partial charge is 0.335 e. The number of piperazine rings is 1. The lowest BCUT2D eigenvalue weighted by Gasteiger charge is -2.43. The fourth-order valence-corrected chi connectivity index (χ4v) is 6.18. The van der Waals surface area contributed by atoms with Crippen molar-refractivity contribution in [2.24, 2.45) is 0 Å². The average Bonchev–Trinajstić information content (AvgIpc) is 3.17. The first-order valence-electron chi connectivity index (χ1n) is 8.48. The third-order valence-electron chi connectivity index (χ3n) is 4.72. The Morgan fingerprint density at radius 2 is 1.92 bits per heavy atom. The molecule has 3 amide bonds. The lowest BCUT2D eigenvalue weighted by molar-refractivity contribution is -0.136. The molecule has 3 heterocycles. The van der Waals surface area contributed by atoms with Crippen molar-refractivity contribution in [2.45, 2.75) is 38.4 Å². The minimum absolute atomic E-state index is 0.0201. The van der Waals surface area contributed by atoms with Crippen LogP contribution in [-0.4, -0.2) is 66.8 Å². The third-order valence-corrected chi connectivity index (χ3v) is 7.29. The van der Waals surface area contributed by atoms with E-state index >= 15 is 0 Å². The third kappa shape index (κ3) is 3.98. The van der Waals surface area contributed by atoms with Gasteiger partial charge in [-0.1, -0.05) is 13.0 Å². The van der Waals surface area contributed by atoms with Crippen LogP contribution in [0.2, 0.25) is 0 Å². The van der Waals surface area contributed by atoms with Crippen LogP contribution in [0.15, 0.2) is 17.5 Å². The maximum Gasteiger partial charge on any atom is 0.318 e. The van der Waals surface area contributed by atoms with E-state index < -0.39 is 21.9 Å². The van der Waals surface area contributed by atoms with Crippen LogP contribution in [0.1, 0.15) is 24.6 Å². The summed E-state index contributed by atoms with van der Waals surface area (Å²) in [4.78, 5) is 29.2. The first-order valence-corrected chi connectivity index (χ1v) is 11.2. The quantitative estimate of drug-likeness (QED) is 0.840. The number of carbonyl (C=O) groups excluding carboxylic acids is 2. The number of hydrogen-bond donors (Lipinski definition) is 1. The minimum Gasteiger partial charge on any atom is -0.335 e. The summed E-state index contributed by atoms with van der Waals surface area (Å²) in [6.07, 6.45) is 1.14. The molecular formula is C16H23N3O4S2. The highest BCUT2D eigenvalue weighted by Crippen LogP contribution is 2.27. The summed E-state index contributed by atoms with van der Waals surface area (Å²) < 4.78 is 24.3.